The van der Waals surface area contributed by atoms with E-state index in [0.717, 1.165) is 28.9 Å². The van der Waals surface area contributed by atoms with Gasteiger partial charge in [-0.05, 0) is 48.4 Å². The van der Waals surface area contributed by atoms with Crippen LogP contribution in [0.4, 0.5) is 0 Å². The molecular weight excluding hydrogens is 362 g/mol. The molecule has 0 fully saturated rings. The summed E-state index contributed by atoms with van der Waals surface area (Å²) in [5.41, 5.74) is 4.27. The quantitative estimate of drug-likeness (QED) is 0.446. The van der Waals surface area contributed by atoms with Gasteiger partial charge in [-0.15, -0.1) is 0 Å². The molecule has 0 amide bonds. The molecule has 0 saturated heterocycles. The Kier molecular flexibility index (Phi) is 5.52. The normalized spacial score (nSPS) is 14.6. The van der Waals surface area contributed by atoms with E-state index in [2.05, 4.69) is 17.1 Å². The van der Waals surface area contributed by atoms with Crippen molar-refractivity contribution in [2.45, 2.75) is 13.3 Å². The molecule has 0 spiro atoms. The highest BCUT2D eigenvalue weighted by atomic mass is 16.6. The first-order valence-corrected chi connectivity index (χ1v) is 9.54. The molecule has 0 radical (unpaired) electrons. The average molecular weight is 383 g/mol. The molecule has 4 nitrogen and oxygen atoms in total. The van der Waals surface area contributed by atoms with Gasteiger partial charge in [-0.1, -0.05) is 60.2 Å². The summed E-state index contributed by atoms with van der Waals surface area (Å²) in [6.07, 6.45) is 2.55. The molecular formula is C25H21NO3. The lowest BCUT2D eigenvalue weighted by atomic mass is 10.1. The fraction of sp³-hybridized carbons (Fsp3) is 0.120. The Balaban J connectivity index is 1.45. The van der Waals surface area contributed by atoms with Crippen molar-refractivity contribution in [2.24, 2.45) is 4.99 Å². The second-order valence-electron chi connectivity index (χ2n) is 6.86. The SMILES string of the molecule is Cc1ccc(C2=N/C(=C\c3cccc(OCCc4ccccc4)c3)C(=O)O2)cc1. The molecule has 1 heterocycles. The number of aliphatic imine (C=N–C) groups is 1. The number of carbonyl (C=O) groups is 1. The Morgan fingerprint density at radius 1 is 0.966 bits per heavy atom. The maximum Gasteiger partial charge on any atom is 0.363 e. The highest BCUT2D eigenvalue weighted by Crippen LogP contribution is 2.21. The molecule has 1 aliphatic heterocycles. The first-order chi connectivity index (χ1) is 14.2. The van der Waals surface area contributed by atoms with Gasteiger partial charge in [0.1, 0.15) is 5.75 Å². The van der Waals surface area contributed by atoms with Gasteiger partial charge < -0.3 is 9.47 Å². The number of benzene rings is 3. The van der Waals surface area contributed by atoms with Crippen LogP contribution >= 0.6 is 0 Å². The summed E-state index contributed by atoms with van der Waals surface area (Å²) < 4.78 is 11.2. The van der Waals surface area contributed by atoms with Crippen LogP contribution in [0.25, 0.3) is 6.08 Å². The standard InChI is InChI=1S/C25H21NO3/c1-18-10-12-21(13-11-18)24-26-23(25(27)29-24)17-20-8-5-9-22(16-20)28-15-14-19-6-3-2-4-7-19/h2-13,16-17H,14-15H2,1H3/b23-17-. The third kappa shape index (κ3) is 4.79. The first kappa shape index (κ1) is 18.7. The summed E-state index contributed by atoms with van der Waals surface area (Å²) in [5.74, 6) is 0.636. The lowest BCUT2D eigenvalue weighted by molar-refractivity contribution is -0.129. The van der Waals surface area contributed by atoms with Gasteiger partial charge in [0.05, 0.1) is 6.61 Å². The lowest BCUT2D eigenvalue weighted by Crippen LogP contribution is -2.05. The predicted molar refractivity (Wildman–Crippen MR) is 114 cm³/mol. The monoisotopic (exact) mass is 383 g/mol. The van der Waals surface area contributed by atoms with E-state index in [1.807, 2.05) is 73.7 Å². The fourth-order valence-electron chi connectivity index (χ4n) is 3.01. The van der Waals surface area contributed by atoms with Crippen LogP contribution < -0.4 is 4.74 Å². The van der Waals surface area contributed by atoms with Gasteiger partial charge in [-0.3, -0.25) is 0 Å². The molecule has 0 saturated carbocycles. The van der Waals surface area contributed by atoms with Crippen LogP contribution in [0.2, 0.25) is 0 Å². The molecule has 144 valence electrons. The molecule has 3 aromatic rings. The van der Waals surface area contributed by atoms with Gasteiger partial charge in [-0.25, -0.2) is 9.79 Å². The predicted octanol–water partition coefficient (Wildman–Crippen LogP) is 4.96. The number of esters is 1. The molecule has 0 N–H and O–H groups in total. The summed E-state index contributed by atoms with van der Waals surface area (Å²) >= 11 is 0. The lowest BCUT2D eigenvalue weighted by Gasteiger charge is -2.07. The van der Waals surface area contributed by atoms with Crippen LogP contribution in [-0.2, 0) is 16.0 Å². The molecule has 29 heavy (non-hydrogen) atoms. The Morgan fingerprint density at radius 2 is 1.76 bits per heavy atom. The molecule has 4 heteroatoms. The molecule has 4 rings (SSSR count). The number of carbonyl (C=O) groups excluding carboxylic acids is 1. The number of cyclic esters (lactones) is 1. The number of hydrogen-bond donors (Lipinski definition) is 0. The molecule has 0 aliphatic carbocycles. The molecule has 1 aliphatic rings. The fourth-order valence-corrected chi connectivity index (χ4v) is 3.01. The van der Waals surface area contributed by atoms with E-state index in [1.54, 1.807) is 6.08 Å². The Labute approximate surface area is 170 Å². The number of aryl methyl sites for hydroxylation is 1. The van der Waals surface area contributed by atoms with Gasteiger partial charge in [0.15, 0.2) is 5.70 Å². The van der Waals surface area contributed by atoms with Crippen LogP contribution in [0.1, 0.15) is 22.3 Å². The third-order valence-electron chi connectivity index (χ3n) is 4.58. The zero-order chi connectivity index (χ0) is 20.1. The first-order valence-electron chi connectivity index (χ1n) is 9.54. The van der Waals surface area contributed by atoms with Gasteiger partial charge in [0.2, 0.25) is 5.90 Å². The number of ether oxygens (including phenoxy) is 2. The van der Waals surface area contributed by atoms with Gasteiger partial charge in [0.25, 0.3) is 0 Å². The third-order valence-corrected chi connectivity index (χ3v) is 4.58. The van der Waals surface area contributed by atoms with E-state index in [4.69, 9.17) is 9.47 Å². The van der Waals surface area contributed by atoms with Gasteiger partial charge in [0, 0.05) is 12.0 Å². The Bertz CT molecular complexity index is 1070. The van der Waals surface area contributed by atoms with Crippen LogP contribution in [0.15, 0.2) is 89.6 Å². The van der Waals surface area contributed by atoms with E-state index in [0.29, 0.717) is 12.5 Å². The summed E-state index contributed by atoms with van der Waals surface area (Å²) in [5, 5.41) is 0. The second kappa shape index (κ2) is 8.57. The average Bonchev–Trinajstić information content (AvgIpc) is 3.10. The minimum atomic E-state index is -0.448. The van der Waals surface area contributed by atoms with Crippen molar-refractivity contribution in [1.82, 2.24) is 0 Å². The summed E-state index contributed by atoms with van der Waals surface area (Å²) in [4.78, 5) is 16.6. The summed E-state index contributed by atoms with van der Waals surface area (Å²) in [6, 6.07) is 25.5. The highest BCUT2D eigenvalue weighted by molar-refractivity contribution is 6.12. The largest absolute Gasteiger partial charge is 0.493 e. The van der Waals surface area contributed by atoms with Crippen molar-refractivity contribution in [1.29, 1.82) is 0 Å². The molecule has 3 aromatic carbocycles. The number of rotatable bonds is 6. The smallest absolute Gasteiger partial charge is 0.363 e. The minimum Gasteiger partial charge on any atom is -0.493 e. The van der Waals surface area contributed by atoms with E-state index in [-0.39, 0.29) is 5.70 Å². The summed E-state index contributed by atoms with van der Waals surface area (Å²) in [7, 11) is 0. The van der Waals surface area contributed by atoms with Crippen LogP contribution in [-0.4, -0.2) is 18.5 Å². The summed E-state index contributed by atoms with van der Waals surface area (Å²) in [6.45, 7) is 2.59. The van der Waals surface area contributed by atoms with Crippen molar-refractivity contribution in [3.05, 3.63) is 107 Å². The molecule has 0 atom stereocenters. The van der Waals surface area contributed by atoms with Crippen molar-refractivity contribution in [3.8, 4) is 5.75 Å². The maximum atomic E-state index is 12.2. The van der Waals surface area contributed by atoms with E-state index >= 15 is 0 Å². The van der Waals surface area contributed by atoms with Crippen molar-refractivity contribution in [2.75, 3.05) is 6.61 Å². The van der Waals surface area contributed by atoms with Crippen molar-refractivity contribution < 1.29 is 14.3 Å². The van der Waals surface area contributed by atoms with Crippen LogP contribution in [0.5, 0.6) is 5.75 Å². The molecule has 0 aromatic heterocycles. The second-order valence-corrected chi connectivity index (χ2v) is 6.86. The number of nitrogens with zero attached hydrogens (tertiary/aromatic N) is 1. The van der Waals surface area contributed by atoms with Crippen molar-refractivity contribution in [3.63, 3.8) is 0 Å². The van der Waals surface area contributed by atoms with Crippen LogP contribution in [0.3, 0.4) is 0 Å². The van der Waals surface area contributed by atoms with Crippen LogP contribution in [0, 0.1) is 6.92 Å². The van der Waals surface area contributed by atoms with Gasteiger partial charge in [-0.2, -0.15) is 0 Å². The van der Waals surface area contributed by atoms with Crippen molar-refractivity contribution >= 4 is 17.9 Å². The Hall–Kier alpha value is -3.66. The van der Waals surface area contributed by atoms with Gasteiger partial charge >= 0.3 is 5.97 Å². The van der Waals surface area contributed by atoms with E-state index < -0.39 is 5.97 Å². The molecule has 0 unspecified atom stereocenters. The van der Waals surface area contributed by atoms with E-state index in [9.17, 15) is 4.79 Å². The Morgan fingerprint density at radius 3 is 2.55 bits per heavy atom. The number of hydrogen-bond acceptors (Lipinski definition) is 4. The highest BCUT2D eigenvalue weighted by Gasteiger charge is 2.24. The maximum absolute atomic E-state index is 12.2. The topological polar surface area (TPSA) is 47.9 Å². The molecule has 0 bridgehead atoms. The van der Waals surface area contributed by atoms with E-state index in [1.165, 1.54) is 5.56 Å². The zero-order valence-corrected chi connectivity index (χ0v) is 16.2. The zero-order valence-electron chi connectivity index (χ0n) is 16.2. The minimum absolute atomic E-state index is 0.280.